The third kappa shape index (κ3) is 3.45. The number of anilines is 1. The van der Waals surface area contributed by atoms with Crippen LogP contribution in [-0.4, -0.2) is 23.3 Å². The van der Waals surface area contributed by atoms with E-state index < -0.39 is 0 Å². The van der Waals surface area contributed by atoms with Gasteiger partial charge in [0.25, 0.3) is 0 Å². The van der Waals surface area contributed by atoms with E-state index in [0.717, 1.165) is 12.0 Å². The Bertz CT molecular complexity index is 690. The lowest BCUT2D eigenvalue weighted by atomic mass is 10.1. The minimum absolute atomic E-state index is 0.0514. The van der Waals surface area contributed by atoms with E-state index in [0.29, 0.717) is 10.2 Å². The van der Waals surface area contributed by atoms with Gasteiger partial charge in [0.1, 0.15) is 0 Å². The van der Waals surface area contributed by atoms with Crippen LogP contribution in [0.4, 0.5) is 5.13 Å². The van der Waals surface area contributed by atoms with E-state index in [1.807, 2.05) is 24.3 Å². The van der Waals surface area contributed by atoms with Crippen LogP contribution >= 0.6 is 22.9 Å². The van der Waals surface area contributed by atoms with Crippen molar-refractivity contribution in [1.82, 2.24) is 10.3 Å². The fraction of sp³-hybridized carbons (Fsp3) is 0.267. The molecule has 0 saturated heterocycles. The van der Waals surface area contributed by atoms with E-state index in [1.54, 1.807) is 11.6 Å². The summed E-state index contributed by atoms with van der Waals surface area (Å²) in [5, 5.41) is 8.26. The molecule has 1 aliphatic rings. The highest BCUT2D eigenvalue weighted by Gasteiger charge is 2.44. The smallest absolute Gasteiger partial charge is 0.245 e. The predicted octanol–water partition coefficient (Wildman–Crippen LogP) is 2.65. The number of hydrogen-bond donors (Lipinski definition) is 2. The molecule has 1 heterocycles. The standard InChI is InChI=1S/C15H14ClN3O2S/c16-12-4-2-1-3-9(12)10-7-11(10)14(21)18-8-13(20)19-15-17-5-6-22-15/h1-6,10-11H,7-8H2,(H,18,21)(H,17,19,20)/t10-,11+/m1/s1. The Balaban J connectivity index is 1.48. The van der Waals surface area contributed by atoms with Crippen molar-refractivity contribution in [2.75, 3.05) is 11.9 Å². The molecule has 1 aromatic carbocycles. The molecule has 2 N–H and O–H groups in total. The van der Waals surface area contributed by atoms with Gasteiger partial charge in [-0.25, -0.2) is 4.98 Å². The quantitative estimate of drug-likeness (QED) is 0.882. The van der Waals surface area contributed by atoms with E-state index in [2.05, 4.69) is 15.6 Å². The molecule has 7 heteroatoms. The lowest BCUT2D eigenvalue weighted by molar-refractivity contribution is -0.125. The van der Waals surface area contributed by atoms with Crippen LogP contribution in [-0.2, 0) is 9.59 Å². The van der Waals surface area contributed by atoms with Crippen LogP contribution in [0.3, 0.4) is 0 Å². The molecule has 2 atom stereocenters. The molecule has 3 rings (SSSR count). The van der Waals surface area contributed by atoms with Gasteiger partial charge in [-0.3, -0.25) is 9.59 Å². The van der Waals surface area contributed by atoms with Crippen LogP contribution in [0.25, 0.3) is 0 Å². The van der Waals surface area contributed by atoms with E-state index >= 15 is 0 Å². The van der Waals surface area contributed by atoms with Gasteiger partial charge in [0.05, 0.1) is 6.54 Å². The highest BCUT2D eigenvalue weighted by atomic mass is 35.5. The van der Waals surface area contributed by atoms with Gasteiger partial charge in [0.15, 0.2) is 5.13 Å². The Morgan fingerprint density at radius 3 is 2.91 bits per heavy atom. The SMILES string of the molecule is O=C(CNC(=O)[C@H]1C[C@@H]1c1ccccc1Cl)Nc1nccs1. The Labute approximate surface area is 136 Å². The molecule has 1 saturated carbocycles. The normalized spacial score (nSPS) is 19.5. The zero-order valence-electron chi connectivity index (χ0n) is 11.6. The van der Waals surface area contributed by atoms with E-state index in [9.17, 15) is 9.59 Å². The number of benzene rings is 1. The number of carbonyl (C=O) groups is 2. The molecule has 0 spiro atoms. The van der Waals surface area contributed by atoms with Gasteiger partial charge in [-0.15, -0.1) is 11.3 Å². The maximum atomic E-state index is 12.1. The Morgan fingerprint density at radius 1 is 1.36 bits per heavy atom. The van der Waals surface area contributed by atoms with Gasteiger partial charge < -0.3 is 10.6 Å². The Kier molecular flexibility index (Phi) is 4.40. The first-order valence-corrected chi connectivity index (χ1v) is 8.12. The van der Waals surface area contributed by atoms with Crippen molar-refractivity contribution in [3.05, 3.63) is 46.4 Å². The third-order valence-electron chi connectivity index (χ3n) is 3.53. The lowest BCUT2D eigenvalue weighted by Crippen LogP contribution is -2.34. The van der Waals surface area contributed by atoms with Crippen LogP contribution < -0.4 is 10.6 Å². The number of nitrogens with zero attached hydrogens (tertiary/aromatic N) is 1. The van der Waals surface area contributed by atoms with Gasteiger partial charge in [0.2, 0.25) is 11.8 Å². The topological polar surface area (TPSA) is 71.1 Å². The molecule has 1 aliphatic carbocycles. The van der Waals surface area contributed by atoms with Crippen LogP contribution in [0.15, 0.2) is 35.8 Å². The summed E-state index contributed by atoms with van der Waals surface area (Å²) in [5.41, 5.74) is 0.997. The van der Waals surface area contributed by atoms with Crippen molar-refractivity contribution in [1.29, 1.82) is 0 Å². The van der Waals surface area contributed by atoms with E-state index in [-0.39, 0.29) is 30.2 Å². The van der Waals surface area contributed by atoms with Crippen LogP contribution in [0.5, 0.6) is 0 Å². The minimum Gasteiger partial charge on any atom is -0.347 e. The number of thiazole rings is 1. The van der Waals surface area contributed by atoms with Crippen LogP contribution in [0.1, 0.15) is 17.9 Å². The summed E-state index contributed by atoms with van der Waals surface area (Å²) in [5.74, 6) is -0.347. The maximum Gasteiger partial charge on any atom is 0.245 e. The van der Waals surface area contributed by atoms with Gasteiger partial charge in [-0.1, -0.05) is 29.8 Å². The zero-order chi connectivity index (χ0) is 15.5. The fourth-order valence-corrected chi connectivity index (χ4v) is 3.17. The first kappa shape index (κ1) is 15.0. The Hall–Kier alpha value is -1.92. The average molecular weight is 336 g/mol. The lowest BCUT2D eigenvalue weighted by Gasteiger charge is -2.06. The highest BCUT2D eigenvalue weighted by molar-refractivity contribution is 7.13. The summed E-state index contributed by atoms with van der Waals surface area (Å²) in [6, 6.07) is 7.54. The molecule has 1 aromatic heterocycles. The number of hydrogen-bond acceptors (Lipinski definition) is 4. The summed E-state index contributed by atoms with van der Waals surface area (Å²) in [6.07, 6.45) is 2.38. The maximum absolute atomic E-state index is 12.1. The largest absolute Gasteiger partial charge is 0.347 e. The molecule has 0 radical (unpaired) electrons. The number of amides is 2. The average Bonchev–Trinajstić information content (AvgIpc) is 3.14. The summed E-state index contributed by atoms with van der Waals surface area (Å²) in [7, 11) is 0. The fourth-order valence-electron chi connectivity index (χ4n) is 2.35. The van der Waals surface area contributed by atoms with Gasteiger partial charge >= 0.3 is 0 Å². The first-order valence-electron chi connectivity index (χ1n) is 6.86. The van der Waals surface area contributed by atoms with Crippen molar-refractivity contribution >= 4 is 39.9 Å². The second-order valence-corrected chi connectivity index (χ2v) is 6.38. The van der Waals surface area contributed by atoms with Gasteiger partial charge in [-0.2, -0.15) is 0 Å². The molecule has 0 aliphatic heterocycles. The van der Waals surface area contributed by atoms with Gasteiger partial charge in [-0.05, 0) is 24.0 Å². The first-order chi connectivity index (χ1) is 10.6. The molecular formula is C15H14ClN3O2S. The molecule has 0 bridgehead atoms. The highest BCUT2D eigenvalue weighted by Crippen LogP contribution is 2.49. The van der Waals surface area contributed by atoms with Crippen LogP contribution in [0, 0.1) is 5.92 Å². The van der Waals surface area contributed by atoms with Crippen molar-refractivity contribution in [3.8, 4) is 0 Å². The summed E-state index contributed by atoms with van der Waals surface area (Å²) in [4.78, 5) is 27.7. The molecule has 22 heavy (non-hydrogen) atoms. The third-order valence-corrected chi connectivity index (χ3v) is 4.57. The van der Waals surface area contributed by atoms with Gasteiger partial charge in [0, 0.05) is 22.5 Å². The Morgan fingerprint density at radius 2 is 2.18 bits per heavy atom. The summed E-state index contributed by atoms with van der Waals surface area (Å²) >= 11 is 7.47. The number of aromatic nitrogens is 1. The predicted molar refractivity (Wildman–Crippen MR) is 86.1 cm³/mol. The molecule has 114 valence electrons. The van der Waals surface area contributed by atoms with Crippen molar-refractivity contribution < 1.29 is 9.59 Å². The second kappa shape index (κ2) is 6.46. The van der Waals surface area contributed by atoms with E-state index in [4.69, 9.17) is 11.6 Å². The minimum atomic E-state index is -0.279. The number of rotatable bonds is 5. The number of nitrogens with one attached hydrogen (secondary N) is 2. The number of carbonyl (C=O) groups excluding carboxylic acids is 2. The monoisotopic (exact) mass is 335 g/mol. The second-order valence-electron chi connectivity index (χ2n) is 5.07. The summed E-state index contributed by atoms with van der Waals surface area (Å²) in [6.45, 7) is -0.0514. The molecule has 2 aromatic rings. The molecule has 2 amide bonds. The molecule has 1 fully saturated rings. The molecule has 5 nitrogen and oxygen atoms in total. The van der Waals surface area contributed by atoms with Crippen molar-refractivity contribution in [2.45, 2.75) is 12.3 Å². The summed E-state index contributed by atoms with van der Waals surface area (Å²) < 4.78 is 0. The molecule has 0 unspecified atom stereocenters. The van der Waals surface area contributed by atoms with Crippen molar-refractivity contribution in [2.24, 2.45) is 5.92 Å². The van der Waals surface area contributed by atoms with Crippen LogP contribution in [0.2, 0.25) is 5.02 Å². The van der Waals surface area contributed by atoms with Crippen molar-refractivity contribution in [3.63, 3.8) is 0 Å². The molecular weight excluding hydrogens is 322 g/mol. The zero-order valence-corrected chi connectivity index (χ0v) is 13.2. The van der Waals surface area contributed by atoms with E-state index in [1.165, 1.54) is 11.3 Å². The number of halogens is 1.